The standard InChI is InChI=1S/C26H21BrN2O6S/c1-34-22-13-19(21(27)15-23(22)35-16-18-7-9-20(10-8-18)29(32)33)14-24-25(30)28(26(31)36-24)12-11-17-5-3-2-4-6-17/h2-10,13-15H,11-12,16H2,1H3/b24-14+. The number of carbonyl (C=O) groups is 2. The molecule has 3 aromatic carbocycles. The van der Waals surface area contributed by atoms with E-state index in [4.69, 9.17) is 9.47 Å². The van der Waals surface area contributed by atoms with Gasteiger partial charge in [-0.15, -0.1) is 0 Å². The van der Waals surface area contributed by atoms with Gasteiger partial charge in [0, 0.05) is 23.2 Å². The maximum atomic E-state index is 12.9. The SMILES string of the molecule is COc1cc(/C=C2/SC(=O)N(CCc3ccccc3)C2=O)c(Br)cc1OCc1ccc([N+](=O)[O-])cc1. The number of nitro groups is 1. The molecule has 10 heteroatoms. The molecule has 0 atom stereocenters. The van der Waals surface area contributed by atoms with Gasteiger partial charge in [-0.2, -0.15) is 0 Å². The number of benzene rings is 3. The van der Waals surface area contributed by atoms with Crippen molar-refractivity contribution < 1.29 is 24.0 Å². The van der Waals surface area contributed by atoms with Gasteiger partial charge < -0.3 is 9.47 Å². The average Bonchev–Trinajstić information content (AvgIpc) is 3.15. The first-order chi connectivity index (χ1) is 17.4. The number of carbonyl (C=O) groups excluding carboxylic acids is 2. The number of ether oxygens (including phenoxy) is 2. The maximum absolute atomic E-state index is 12.9. The highest BCUT2D eigenvalue weighted by atomic mass is 79.9. The van der Waals surface area contributed by atoms with Crippen molar-refractivity contribution in [3.63, 3.8) is 0 Å². The normalized spacial score (nSPS) is 14.4. The summed E-state index contributed by atoms with van der Waals surface area (Å²) in [7, 11) is 1.50. The largest absolute Gasteiger partial charge is 0.493 e. The Morgan fingerprint density at radius 2 is 1.75 bits per heavy atom. The minimum absolute atomic E-state index is 0.00732. The first-order valence-corrected chi connectivity index (χ1v) is 12.5. The van der Waals surface area contributed by atoms with E-state index in [2.05, 4.69) is 15.9 Å². The lowest BCUT2D eigenvalue weighted by Crippen LogP contribution is -2.30. The molecule has 0 saturated carbocycles. The molecule has 1 fully saturated rings. The van der Waals surface area contributed by atoms with E-state index in [9.17, 15) is 19.7 Å². The lowest BCUT2D eigenvalue weighted by Gasteiger charge is -2.13. The van der Waals surface area contributed by atoms with Crippen LogP contribution in [-0.4, -0.2) is 34.6 Å². The number of imide groups is 1. The zero-order chi connectivity index (χ0) is 25.7. The van der Waals surface area contributed by atoms with Gasteiger partial charge in [-0.25, -0.2) is 0 Å². The van der Waals surface area contributed by atoms with Crippen molar-refractivity contribution in [1.82, 2.24) is 4.90 Å². The Kier molecular flexibility index (Phi) is 8.07. The monoisotopic (exact) mass is 568 g/mol. The van der Waals surface area contributed by atoms with Crippen LogP contribution in [0, 0.1) is 10.1 Å². The highest BCUT2D eigenvalue weighted by molar-refractivity contribution is 9.10. The van der Waals surface area contributed by atoms with Gasteiger partial charge in [0.05, 0.1) is 16.9 Å². The summed E-state index contributed by atoms with van der Waals surface area (Å²) in [5, 5.41) is 10.5. The van der Waals surface area contributed by atoms with Crippen LogP contribution in [0.3, 0.4) is 0 Å². The molecule has 36 heavy (non-hydrogen) atoms. The first kappa shape index (κ1) is 25.5. The summed E-state index contributed by atoms with van der Waals surface area (Å²) >= 11 is 4.41. The van der Waals surface area contributed by atoms with Crippen LogP contribution in [0.2, 0.25) is 0 Å². The fourth-order valence-electron chi connectivity index (χ4n) is 3.53. The zero-order valence-electron chi connectivity index (χ0n) is 19.2. The van der Waals surface area contributed by atoms with Gasteiger partial charge in [-0.3, -0.25) is 24.6 Å². The quantitative estimate of drug-likeness (QED) is 0.171. The number of thioether (sulfide) groups is 1. The molecule has 1 aliphatic heterocycles. The highest BCUT2D eigenvalue weighted by Gasteiger charge is 2.34. The Hall–Kier alpha value is -3.63. The Balaban J connectivity index is 1.47. The molecule has 0 unspecified atom stereocenters. The second-order valence-electron chi connectivity index (χ2n) is 7.81. The Labute approximate surface area is 220 Å². The van der Waals surface area contributed by atoms with E-state index >= 15 is 0 Å². The van der Waals surface area contributed by atoms with Gasteiger partial charge in [-0.1, -0.05) is 46.3 Å². The third-order valence-electron chi connectivity index (χ3n) is 5.45. The number of hydrogen-bond acceptors (Lipinski definition) is 7. The fourth-order valence-corrected chi connectivity index (χ4v) is 4.82. The van der Waals surface area contributed by atoms with Crippen molar-refractivity contribution >= 4 is 50.6 Å². The smallest absolute Gasteiger partial charge is 0.293 e. The number of amides is 2. The molecule has 1 saturated heterocycles. The van der Waals surface area contributed by atoms with Crippen LogP contribution < -0.4 is 9.47 Å². The van der Waals surface area contributed by atoms with Crippen LogP contribution in [0.4, 0.5) is 10.5 Å². The minimum atomic E-state index is -0.457. The van der Waals surface area contributed by atoms with Crippen LogP contribution >= 0.6 is 27.7 Å². The summed E-state index contributed by atoms with van der Waals surface area (Å²) in [5.41, 5.74) is 2.47. The molecule has 0 radical (unpaired) electrons. The molecule has 2 amide bonds. The van der Waals surface area contributed by atoms with Gasteiger partial charge in [-0.05, 0) is 65.2 Å². The number of halogens is 1. The molecule has 0 spiro atoms. The van der Waals surface area contributed by atoms with Gasteiger partial charge in [0.1, 0.15) is 6.61 Å². The van der Waals surface area contributed by atoms with Crippen molar-refractivity contribution in [2.75, 3.05) is 13.7 Å². The molecule has 1 heterocycles. The summed E-state index contributed by atoms with van der Waals surface area (Å²) in [4.78, 5) is 37.3. The predicted octanol–water partition coefficient (Wildman–Crippen LogP) is 6.22. The van der Waals surface area contributed by atoms with Gasteiger partial charge in [0.25, 0.3) is 16.8 Å². The summed E-state index contributed by atoms with van der Waals surface area (Å²) in [5.74, 6) is 0.566. The summed E-state index contributed by atoms with van der Waals surface area (Å²) in [6, 6.07) is 19.2. The van der Waals surface area contributed by atoms with Gasteiger partial charge >= 0.3 is 0 Å². The van der Waals surface area contributed by atoms with E-state index in [1.165, 1.54) is 24.1 Å². The molecule has 0 aromatic heterocycles. The number of methoxy groups -OCH3 is 1. The van der Waals surface area contributed by atoms with Crippen LogP contribution in [0.25, 0.3) is 6.08 Å². The van der Waals surface area contributed by atoms with Crippen LogP contribution in [0.1, 0.15) is 16.7 Å². The van der Waals surface area contributed by atoms with Gasteiger partial charge in [0.15, 0.2) is 11.5 Å². The fraction of sp³-hybridized carbons (Fsp3) is 0.154. The molecule has 0 aliphatic carbocycles. The molecular formula is C26H21BrN2O6S. The summed E-state index contributed by atoms with van der Waals surface area (Å²) in [6.07, 6.45) is 2.24. The molecular weight excluding hydrogens is 548 g/mol. The Bertz CT molecular complexity index is 1330. The van der Waals surface area contributed by atoms with Crippen LogP contribution in [0.15, 0.2) is 76.1 Å². The van der Waals surface area contributed by atoms with Crippen molar-refractivity contribution in [2.24, 2.45) is 0 Å². The number of rotatable bonds is 9. The van der Waals surface area contributed by atoms with Crippen molar-refractivity contribution in [2.45, 2.75) is 13.0 Å². The Morgan fingerprint density at radius 3 is 2.42 bits per heavy atom. The summed E-state index contributed by atoms with van der Waals surface area (Å²) in [6.45, 7) is 0.492. The van der Waals surface area contributed by atoms with Crippen molar-refractivity contribution in [3.8, 4) is 11.5 Å². The maximum Gasteiger partial charge on any atom is 0.293 e. The van der Waals surface area contributed by atoms with Crippen LogP contribution in [-0.2, 0) is 17.8 Å². The lowest BCUT2D eigenvalue weighted by atomic mass is 10.1. The third-order valence-corrected chi connectivity index (χ3v) is 7.05. The van der Waals surface area contributed by atoms with Crippen LogP contribution in [0.5, 0.6) is 11.5 Å². The third kappa shape index (κ3) is 5.95. The second-order valence-corrected chi connectivity index (χ2v) is 9.65. The molecule has 1 aliphatic rings. The number of nitrogens with zero attached hydrogens (tertiary/aromatic N) is 2. The predicted molar refractivity (Wildman–Crippen MR) is 141 cm³/mol. The van der Waals surface area contributed by atoms with E-state index in [1.807, 2.05) is 30.3 Å². The summed E-state index contributed by atoms with van der Waals surface area (Å²) < 4.78 is 12.0. The van der Waals surface area contributed by atoms with E-state index in [0.29, 0.717) is 39.4 Å². The zero-order valence-corrected chi connectivity index (χ0v) is 21.6. The van der Waals surface area contributed by atoms with Gasteiger partial charge in [0.2, 0.25) is 0 Å². The number of hydrogen-bond donors (Lipinski definition) is 0. The average molecular weight is 569 g/mol. The van der Waals surface area contributed by atoms with E-state index in [-0.39, 0.29) is 23.4 Å². The molecule has 0 N–H and O–H groups in total. The van der Waals surface area contributed by atoms with E-state index in [1.54, 1.807) is 30.3 Å². The highest BCUT2D eigenvalue weighted by Crippen LogP contribution is 2.38. The van der Waals surface area contributed by atoms with Crippen molar-refractivity contribution in [1.29, 1.82) is 0 Å². The molecule has 184 valence electrons. The first-order valence-electron chi connectivity index (χ1n) is 10.9. The molecule has 8 nitrogen and oxygen atoms in total. The van der Waals surface area contributed by atoms with E-state index < -0.39 is 4.92 Å². The minimum Gasteiger partial charge on any atom is -0.493 e. The lowest BCUT2D eigenvalue weighted by molar-refractivity contribution is -0.384. The topological polar surface area (TPSA) is 99.0 Å². The molecule has 0 bridgehead atoms. The van der Waals surface area contributed by atoms with Crippen molar-refractivity contribution in [3.05, 3.63) is 103 Å². The Morgan fingerprint density at radius 1 is 1.03 bits per heavy atom. The van der Waals surface area contributed by atoms with E-state index in [0.717, 1.165) is 22.9 Å². The molecule has 3 aromatic rings. The molecule has 4 rings (SSSR count). The number of non-ortho nitro benzene ring substituents is 1. The second kappa shape index (κ2) is 11.4. The number of nitro benzene ring substituents is 1.